The van der Waals surface area contributed by atoms with Gasteiger partial charge in [-0.25, -0.2) is 0 Å². The molecule has 2 nitrogen and oxygen atoms in total. The second-order valence-electron chi connectivity index (χ2n) is 2.75. The summed E-state index contributed by atoms with van der Waals surface area (Å²) in [4.78, 5) is 0. The summed E-state index contributed by atoms with van der Waals surface area (Å²) in [6.07, 6.45) is 0. The number of halogens is 1. The molecule has 0 saturated carbocycles. The first-order valence-corrected chi connectivity index (χ1v) is 4.68. The smallest absolute Gasteiger partial charge is 0.124 e. The Bertz CT molecular complexity index is 63.5. The molecular weight excluding hydrogens is 181 g/mol. The van der Waals surface area contributed by atoms with Crippen LogP contribution in [-0.2, 0) is 4.52 Å². The van der Waals surface area contributed by atoms with Gasteiger partial charge in [-0.3, -0.25) is 0 Å². The van der Waals surface area contributed by atoms with Crippen molar-refractivity contribution in [3.63, 3.8) is 0 Å². The first-order valence-electron chi connectivity index (χ1n) is 3.68. The third-order valence-electron chi connectivity index (χ3n) is 0.730. The molecule has 1 atom stereocenters. The molecule has 0 aromatic heterocycles. The molecule has 0 saturated heterocycles. The molecule has 0 aliphatic heterocycles. The van der Waals surface area contributed by atoms with Crippen molar-refractivity contribution < 1.29 is 4.52 Å². The molecule has 0 aromatic rings. The summed E-state index contributed by atoms with van der Waals surface area (Å²) in [5.41, 5.74) is 0. The van der Waals surface area contributed by atoms with E-state index < -0.39 is 0 Å². The second-order valence-corrected chi connectivity index (χ2v) is 3.30. The Morgan fingerprint density at radius 1 is 1.27 bits per heavy atom. The van der Waals surface area contributed by atoms with E-state index in [0.29, 0.717) is 12.1 Å². The fourth-order valence-corrected chi connectivity index (χ4v) is 0.667. The molecular formula is C7H19ClNOP. The summed E-state index contributed by atoms with van der Waals surface area (Å²) in [5, 5.41) is 3.31. The summed E-state index contributed by atoms with van der Waals surface area (Å²) in [7, 11) is 2.02. The monoisotopic (exact) mass is 199 g/mol. The quantitative estimate of drug-likeness (QED) is 0.557. The number of rotatable bonds is 3. The van der Waals surface area contributed by atoms with Gasteiger partial charge in [0.2, 0.25) is 0 Å². The van der Waals surface area contributed by atoms with Gasteiger partial charge in [-0.05, 0) is 0 Å². The molecule has 0 heterocycles. The van der Waals surface area contributed by atoms with Crippen LogP contribution < -0.4 is 5.32 Å². The zero-order valence-corrected chi connectivity index (χ0v) is 9.64. The summed E-state index contributed by atoms with van der Waals surface area (Å²) >= 11 is 4.94. The van der Waals surface area contributed by atoms with Crippen LogP contribution in [0.2, 0.25) is 0 Å². The Balaban J connectivity index is 0. The van der Waals surface area contributed by atoms with Crippen LogP contribution in [0.1, 0.15) is 27.7 Å². The van der Waals surface area contributed by atoms with Crippen LogP contribution in [-0.4, -0.2) is 18.1 Å². The summed E-state index contributed by atoms with van der Waals surface area (Å²) in [6.45, 7) is 8.61. The average molecular weight is 200 g/mol. The lowest BCUT2D eigenvalue weighted by Gasteiger charge is -2.10. The number of hydrogen-bond acceptors (Lipinski definition) is 2. The van der Waals surface area contributed by atoms with Gasteiger partial charge in [-0.15, -0.1) is 0 Å². The van der Waals surface area contributed by atoms with Crippen molar-refractivity contribution in [3.8, 4) is 0 Å². The van der Waals surface area contributed by atoms with Crippen molar-refractivity contribution in [2.75, 3.05) is 6.07 Å². The maximum absolute atomic E-state index is 4.94. The molecule has 0 rings (SSSR count). The highest BCUT2D eigenvalue weighted by atomic mass is 35.5. The van der Waals surface area contributed by atoms with Gasteiger partial charge < -0.3 is 9.84 Å². The standard InChI is InChI=1S/C6H15N.CH4ClOP/c1-5(2)7-6(3)4;2-1-3-4/h5-7H,1-4H3;1,4H2. The van der Waals surface area contributed by atoms with Gasteiger partial charge in [-0.1, -0.05) is 39.3 Å². The maximum Gasteiger partial charge on any atom is 0.124 e. The van der Waals surface area contributed by atoms with Gasteiger partial charge in [-0.2, -0.15) is 0 Å². The average Bonchev–Trinajstić information content (AvgIpc) is 1.85. The van der Waals surface area contributed by atoms with Crippen molar-refractivity contribution >= 4 is 21.1 Å². The first-order chi connectivity index (χ1) is 5.04. The minimum Gasteiger partial charge on any atom is -0.350 e. The van der Waals surface area contributed by atoms with Crippen molar-refractivity contribution in [3.05, 3.63) is 0 Å². The molecule has 0 spiro atoms. The van der Waals surface area contributed by atoms with E-state index in [1.54, 1.807) is 0 Å². The fraction of sp³-hybridized carbons (Fsp3) is 1.00. The number of hydrogen-bond donors (Lipinski definition) is 1. The van der Waals surface area contributed by atoms with E-state index in [1.807, 2.05) is 9.47 Å². The van der Waals surface area contributed by atoms with E-state index in [4.69, 9.17) is 11.6 Å². The lowest BCUT2D eigenvalue weighted by molar-refractivity contribution is 0.457. The second kappa shape index (κ2) is 10.6. The number of alkyl halides is 1. The minimum absolute atomic E-state index is 0.255. The molecule has 11 heavy (non-hydrogen) atoms. The highest BCUT2D eigenvalue weighted by Crippen LogP contribution is 1.83. The van der Waals surface area contributed by atoms with Gasteiger partial charge in [0, 0.05) is 21.6 Å². The Hall–Kier alpha value is 0.640. The largest absolute Gasteiger partial charge is 0.350 e. The summed E-state index contributed by atoms with van der Waals surface area (Å²) in [6, 6.07) is 1.50. The topological polar surface area (TPSA) is 21.3 Å². The predicted octanol–water partition coefficient (Wildman–Crippen LogP) is 2.38. The zero-order chi connectivity index (χ0) is 9.28. The molecule has 70 valence electrons. The molecule has 0 bridgehead atoms. The molecule has 0 aliphatic carbocycles. The van der Waals surface area contributed by atoms with Gasteiger partial charge in [0.25, 0.3) is 0 Å². The molecule has 1 unspecified atom stereocenters. The van der Waals surface area contributed by atoms with E-state index >= 15 is 0 Å². The first kappa shape index (κ1) is 14.2. The Morgan fingerprint density at radius 2 is 1.55 bits per heavy atom. The van der Waals surface area contributed by atoms with Crippen LogP contribution in [0, 0.1) is 0 Å². The van der Waals surface area contributed by atoms with E-state index in [9.17, 15) is 0 Å². The van der Waals surface area contributed by atoms with Crippen LogP contribution in [0.3, 0.4) is 0 Å². The molecule has 0 amide bonds. The van der Waals surface area contributed by atoms with Crippen molar-refractivity contribution in [1.82, 2.24) is 5.32 Å². The van der Waals surface area contributed by atoms with E-state index in [2.05, 4.69) is 37.5 Å². The van der Waals surface area contributed by atoms with Gasteiger partial charge in [0.15, 0.2) is 0 Å². The zero-order valence-electron chi connectivity index (χ0n) is 7.73. The van der Waals surface area contributed by atoms with E-state index in [1.165, 1.54) is 0 Å². The van der Waals surface area contributed by atoms with Crippen LogP contribution in [0.25, 0.3) is 0 Å². The van der Waals surface area contributed by atoms with E-state index in [-0.39, 0.29) is 6.07 Å². The van der Waals surface area contributed by atoms with Crippen molar-refractivity contribution in [1.29, 1.82) is 0 Å². The Labute approximate surface area is 77.3 Å². The Morgan fingerprint density at radius 3 is 1.55 bits per heavy atom. The molecule has 0 fully saturated rings. The van der Waals surface area contributed by atoms with Gasteiger partial charge in [0.1, 0.15) is 6.07 Å². The molecule has 0 aliphatic rings. The van der Waals surface area contributed by atoms with Crippen LogP contribution >= 0.6 is 21.1 Å². The lowest BCUT2D eigenvalue weighted by atomic mass is 10.3. The maximum atomic E-state index is 4.94. The highest BCUT2D eigenvalue weighted by molar-refractivity contribution is 7.09. The van der Waals surface area contributed by atoms with Gasteiger partial charge in [0.05, 0.1) is 0 Å². The Kier molecular flexibility index (Phi) is 13.7. The van der Waals surface area contributed by atoms with Crippen LogP contribution in [0.4, 0.5) is 0 Å². The van der Waals surface area contributed by atoms with Gasteiger partial charge >= 0.3 is 0 Å². The van der Waals surface area contributed by atoms with Crippen molar-refractivity contribution in [2.45, 2.75) is 39.8 Å². The third kappa shape index (κ3) is 25.0. The van der Waals surface area contributed by atoms with E-state index in [0.717, 1.165) is 0 Å². The summed E-state index contributed by atoms with van der Waals surface area (Å²) < 4.78 is 4.22. The molecule has 0 radical (unpaired) electrons. The normalized spacial score (nSPS) is 9.82. The third-order valence-corrected chi connectivity index (χ3v) is 1.23. The van der Waals surface area contributed by atoms with Crippen molar-refractivity contribution in [2.24, 2.45) is 0 Å². The van der Waals surface area contributed by atoms with Crippen LogP contribution in [0.15, 0.2) is 0 Å². The molecule has 0 aromatic carbocycles. The predicted molar refractivity (Wildman–Crippen MR) is 54.9 cm³/mol. The number of nitrogens with one attached hydrogen (secondary N) is 1. The fourth-order valence-electron chi connectivity index (χ4n) is 0.667. The minimum atomic E-state index is 0.255. The molecule has 4 heteroatoms. The van der Waals surface area contributed by atoms with Crippen LogP contribution in [0.5, 0.6) is 0 Å². The lowest BCUT2D eigenvalue weighted by Crippen LogP contribution is -2.29. The highest BCUT2D eigenvalue weighted by Gasteiger charge is 1.92. The summed E-state index contributed by atoms with van der Waals surface area (Å²) in [5.74, 6) is 0. The molecule has 1 N–H and O–H groups in total. The SMILES string of the molecule is CC(C)NC(C)C.POCCl.